The van der Waals surface area contributed by atoms with Crippen molar-refractivity contribution >= 4 is 27.9 Å². The fourth-order valence-electron chi connectivity index (χ4n) is 2.42. The van der Waals surface area contributed by atoms with Crippen LogP contribution in [0, 0.1) is 0 Å². The largest absolute Gasteiger partial charge is 0.445 e. The van der Waals surface area contributed by atoms with E-state index >= 15 is 0 Å². The summed E-state index contributed by atoms with van der Waals surface area (Å²) in [5.74, 6) is -0.253. The Morgan fingerprint density at radius 2 is 1.69 bits per heavy atom. The number of carbonyl (C=O) groups excluding carboxylic acids is 2. The van der Waals surface area contributed by atoms with Crippen LogP contribution in [0.15, 0.2) is 59.1 Å². The van der Waals surface area contributed by atoms with Crippen LogP contribution in [-0.2, 0) is 16.1 Å². The molecule has 0 saturated heterocycles. The minimum Gasteiger partial charge on any atom is -0.445 e. The van der Waals surface area contributed by atoms with Gasteiger partial charge in [-0.2, -0.15) is 0 Å². The van der Waals surface area contributed by atoms with Crippen molar-refractivity contribution in [3.8, 4) is 0 Å². The Hall–Kier alpha value is -2.34. The zero-order chi connectivity index (χ0) is 18.9. The third-order valence-electron chi connectivity index (χ3n) is 3.94. The summed E-state index contributed by atoms with van der Waals surface area (Å²) in [6.07, 6.45) is 0.131. The summed E-state index contributed by atoms with van der Waals surface area (Å²) < 4.78 is 6.13. The molecular formula is C20H23BrN2O3. The molecule has 6 heteroatoms. The van der Waals surface area contributed by atoms with Crippen LogP contribution >= 0.6 is 15.9 Å². The summed E-state index contributed by atoms with van der Waals surface area (Å²) in [5.41, 5.74) is 1.91. The third kappa shape index (κ3) is 6.19. The minimum absolute atomic E-state index is 0.111. The number of alkyl carbamates (subject to hydrolysis) is 1. The molecule has 0 spiro atoms. The predicted octanol–water partition coefficient (Wildman–Crippen LogP) is 4.33. The maximum atomic E-state index is 12.4. The molecule has 0 aliphatic heterocycles. The molecule has 0 unspecified atom stereocenters. The number of halogens is 1. The molecule has 2 amide bonds. The zero-order valence-electron chi connectivity index (χ0n) is 14.9. The Balaban J connectivity index is 1.83. The fourth-order valence-corrected chi connectivity index (χ4v) is 2.68. The van der Waals surface area contributed by atoms with E-state index in [1.165, 1.54) is 0 Å². The van der Waals surface area contributed by atoms with Gasteiger partial charge in [-0.25, -0.2) is 4.79 Å². The first-order valence-corrected chi connectivity index (χ1v) is 9.32. The number of benzene rings is 2. The summed E-state index contributed by atoms with van der Waals surface area (Å²) in [4.78, 5) is 24.2. The van der Waals surface area contributed by atoms with Crippen LogP contribution in [-0.4, -0.2) is 18.0 Å². The number of ether oxygens (including phenoxy) is 1. The van der Waals surface area contributed by atoms with E-state index < -0.39 is 12.1 Å². The lowest BCUT2D eigenvalue weighted by atomic mass is 10.0. The number of carbonyl (C=O) groups is 2. The van der Waals surface area contributed by atoms with E-state index in [0.29, 0.717) is 0 Å². The van der Waals surface area contributed by atoms with Gasteiger partial charge in [-0.1, -0.05) is 65.3 Å². The van der Waals surface area contributed by atoms with Crippen molar-refractivity contribution in [2.24, 2.45) is 0 Å². The summed E-state index contributed by atoms with van der Waals surface area (Å²) in [5, 5.41) is 5.52. The Bertz CT molecular complexity index is 720. The van der Waals surface area contributed by atoms with E-state index in [-0.39, 0.29) is 18.6 Å². The molecule has 0 heterocycles. The van der Waals surface area contributed by atoms with Gasteiger partial charge in [-0.05, 0) is 36.6 Å². The van der Waals surface area contributed by atoms with E-state index in [9.17, 15) is 9.59 Å². The highest BCUT2D eigenvalue weighted by atomic mass is 79.9. The van der Waals surface area contributed by atoms with Gasteiger partial charge in [0.1, 0.15) is 12.6 Å². The van der Waals surface area contributed by atoms with Crippen molar-refractivity contribution in [1.29, 1.82) is 0 Å². The molecule has 0 aliphatic carbocycles. The summed E-state index contributed by atoms with van der Waals surface area (Å²) in [6, 6.07) is 16.4. The molecule has 0 bridgehead atoms. The molecule has 0 fully saturated rings. The van der Waals surface area contributed by atoms with E-state index in [4.69, 9.17) is 4.74 Å². The van der Waals surface area contributed by atoms with Crippen molar-refractivity contribution in [1.82, 2.24) is 10.6 Å². The monoisotopic (exact) mass is 418 g/mol. The summed E-state index contributed by atoms with van der Waals surface area (Å²) in [7, 11) is 0. The van der Waals surface area contributed by atoms with Crippen LogP contribution < -0.4 is 10.6 Å². The van der Waals surface area contributed by atoms with Gasteiger partial charge in [0.15, 0.2) is 0 Å². The maximum Gasteiger partial charge on any atom is 0.408 e. The van der Waals surface area contributed by atoms with Crippen LogP contribution in [0.1, 0.15) is 37.4 Å². The van der Waals surface area contributed by atoms with Crippen molar-refractivity contribution < 1.29 is 14.3 Å². The smallest absolute Gasteiger partial charge is 0.408 e. The highest BCUT2D eigenvalue weighted by Crippen LogP contribution is 2.19. The average molecular weight is 419 g/mol. The van der Waals surface area contributed by atoms with Crippen molar-refractivity contribution in [3.63, 3.8) is 0 Å². The second kappa shape index (κ2) is 9.97. The van der Waals surface area contributed by atoms with Gasteiger partial charge in [-0.3, -0.25) is 4.79 Å². The van der Waals surface area contributed by atoms with Gasteiger partial charge in [0.05, 0.1) is 6.04 Å². The Morgan fingerprint density at radius 1 is 1.04 bits per heavy atom. The van der Waals surface area contributed by atoms with Crippen LogP contribution in [0.2, 0.25) is 0 Å². The maximum absolute atomic E-state index is 12.4. The van der Waals surface area contributed by atoms with Crippen molar-refractivity contribution in [2.75, 3.05) is 0 Å². The number of amides is 2. The molecule has 2 aromatic rings. The molecule has 0 saturated carbocycles. The molecule has 0 aliphatic rings. The molecule has 0 radical (unpaired) electrons. The van der Waals surface area contributed by atoms with E-state index in [1.807, 2.05) is 61.5 Å². The first kappa shape index (κ1) is 20.0. The molecule has 26 heavy (non-hydrogen) atoms. The van der Waals surface area contributed by atoms with Crippen molar-refractivity contribution in [2.45, 2.75) is 39.0 Å². The van der Waals surface area contributed by atoms with E-state index in [1.54, 1.807) is 6.92 Å². The fraction of sp³-hybridized carbons (Fsp3) is 0.300. The van der Waals surface area contributed by atoms with Crippen LogP contribution in [0.4, 0.5) is 4.79 Å². The highest BCUT2D eigenvalue weighted by Gasteiger charge is 2.20. The zero-order valence-corrected chi connectivity index (χ0v) is 16.5. The van der Waals surface area contributed by atoms with Gasteiger partial charge in [-0.15, -0.1) is 0 Å². The van der Waals surface area contributed by atoms with Gasteiger partial charge in [0.25, 0.3) is 0 Å². The highest BCUT2D eigenvalue weighted by molar-refractivity contribution is 9.10. The van der Waals surface area contributed by atoms with E-state index in [2.05, 4.69) is 26.6 Å². The predicted molar refractivity (Wildman–Crippen MR) is 105 cm³/mol. The quantitative estimate of drug-likeness (QED) is 0.702. The number of rotatable bonds is 7. The molecule has 0 aromatic heterocycles. The van der Waals surface area contributed by atoms with Crippen molar-refractivity contribution in [3.05, 3.63) is 70.2 Å². The molecule has 2 atom stereocenters. The van der Waals surface area contributed by atoms with Crippen LogP contribution in [0.5, 0.6) is 0 Å². The molecule has 2 aromatic carbocycles. The summed E-state index contributed by atoms with van der Waals surface area (Å²) >= 11 is 3.40. The van der Waals surface area contributed by atoms with Crippen LogP contribution in [0.25, 0.3) is 0 Å². The number of hydrogen-bond donors (Lipinski definition) is 2. The lowest BCUT2D eigenvalue weighted by Crippen LogP contribution is -2.45. The third-order valence-corrected chi connectivity index (χ3v) is 4.47. The lowest BCUT2D eigenvalue weighted by molar-refractivity contribution is -0.123. The standard InChI is InChI=1S/C20H23BrN2O3/c1-3-18(16-9-11-17(21)12-10-16)23-19(24)14(2)22-20(25)26-13-15-7-5-4-6-8-15/h4-12,14,18H,3,13H2,1-2H3,(H,22,25)(H,23,24)/t14-,18-/m1/s1. The van der Waals surface area contributed by atoms with Gasteiger partial charge in [0.2, 0.25) is 5.91 Å². The first-order chi connectivity index (χ1) is 12.5. The SMILES string of the molecule is CC[C@@H](NC(=O)[C@@H](C)NC(=O)OCc1ccccc1)c1ccc(Br)cc1. The molecular weight excluding hydrogens is 396 g/mol. The second-order valence-corrected chi connectivity index (χ2v) is 6.86. The Kier molecular flexibility index (Phi) is 7.66. The Morgan fingerprint density at radius 3 is 2.31 bits per heavy atom. The minimum atomic E-state index is -0.692. The summed E-state index contributed by atoms with van der Waals surface area (Å²) in [6.45, 7) is 3.80. The topological polar surface area (TPSA) is 67.4 Å². The lowest BCUT2D eigenvalue weighted by Gasteiger charge is -2.21. The van der Waals surface area contributed by atoms with Gasteiger partial charge < -0.3 is 15.4 Å². The van der Waals surface area contributed by atoms with Crippen LogP contribution in [0.3, 0.4) is 0 Å². The Labute approximate surface area is 162 Å². The van der Waals surface area contributed by atoms with E-state index in [0.717, 1.165) is 22.0 Å². The number of nitrogens with one attached hydrogen (secondary N) is 2. The second-order valence-electron chi connectivity index (χ2n) is 5.95. The molecule has 2 rings (SSSR count). The van der Waals surface area contributed by atoms with Gasteiger partial charge in [0, 0.05) is 4.47 Å². The number of hydrogen-bond acceptors (Lipinski definition) is 3. The molecule has 5 nitrogen and oxygen atoms in total. The molecule has 2 N–H and O–H groups in total. The average Bonchev–Trinajstić information content (AvgIpc) is 2.66. The van der Waals surface area contributed by atoms with Gasteiger partial charge >= 0.3 is 6.09 Å². The molecule has 138 valence electrons. The normalized spacial score (nSPS) is 12.7. The first-order valence-electron chi connectivity index (χ1n) is 8.52.